The summed E-state index contributed by atoms with van der Waals surface area (Å²) in [6.45, 7) is 6.78. The quantitative estimate of drug-likeness (QED) is 0.815. The minimum Gasteiger partial charge on any atom is -0.367 e. The molecule has 31 heavy (non-hydrogen) atoms. The number of carbonyl (C=O) groups is 2. The third kappa shape index (κ3) is 5.18. The highest BCUT2D eigenvalue weighted by Crippen LogP contribution is 2.23. The van der Waals surface area contributed by atoms with Gasteiger partial charge in [0.25, 0.3) is 5.91 Å². The van der Waals surface area contributed by atoms with Crippen molar-refractivity contribution in [2.24, 2.45) is 5.92 Å². The molecule has 2 saturated heterocycles. The normalized spacial score (nSPS) is 19.9. The molecule has 2 amide bonds. The van der Waals surface area contributed by atoms with Crippen molar-refractivity contribution in [3.05, 3.63) is 36.3 Å². The van der Waals surface area contributed by atoms with Gasteiger partial charge in [-0.05, 0) is 43.7 Å². The predicted octanol–water partition coefficient (Wildman–Crippen LogP) is 2.83. The van der Waals surface area contributed by atoms with Gasteiger partial charge in [-0.25, -0.2) is 9.97 Å². The van der Waals surface area contributed by atoms with Gasteiger partial charge in [-0.15, -0.1) is 0 Å². The van der Waals surface area contributed by atoms with E-state index in [1.54, 1.807) is 25.4 Å². The largest absolute Gasteiger partial charge is 0.367 e. The van der Waals surface area contributed by atoms with E-state index in [1.807, 2.05) is 21.9 Å². The number of nitrogens with one attached hydrogen (secondary N) is 1. The topological polar surface area (TPSA) is 91.3 Å². The number of aromatic nitrogens is 3. The van der Waals surface area contributed by atoms with E-state index in [9.17, 15) is 9.59 Å². The van der Waals surface area contributed by atoms with Crippen LogP contribution < -0.4 is 5.32 Å². The van der Waals surface area contributed by atoms with Gasteiger partial charge in [0, 0.05) is 63.2 Å². The van der Waals surface area contributed by atoms with Gasteiger partial charge in [-0.3, -0.25) is 14.6 Å². The number of likely N-dealkylation sites (tertiary alicyclic amines) is 2. The minimum atomic E-state index is -0.0429. The third-order valence-corrected chi connectivity index (χ3v) is 6.12. The van der Waals surface area contributed by atoms with Crippen molar-refractivity contribution < 1.29 is 9.59 Å². The average molecular weight is 423 g/mol. The molecule has 8 nitrogen and oxygen atoms in total. The molecule has 2 aromatic heterocycles. The average Bonchev–Trinajstić information content (AvgIpc) is 2.79. The first-order chi connectivity index (χ1) is 15.0. The summed E-state index contributed by atoms with van der Waals surface area (Å²) in [5, 5.41) is 3.48. The van der Waals surface area contributed by atoms with E-state index in [0.717, 1.165) is 57.4 Å². The van der Waals surface area contributed by atoms with Crippen LogP contribution in [-0.4, -0.2) is 68.8 Å². The van der Waals surface area contributed by atoms with Crippen molar-refractivity contribution in [2.75, 3.05) is 31.5 Å². The second kappa shape index (κ2) is 9.41. The zero-order valence-corrected chi connectivity index (χ0v) is 18.3. The number of piperidine rings is 2. The summed E-state index contributed by atoms with van der Waals surface area (Å²) in [7, 11) is 0. The van der Waals surface area contributed by atoms with E-state index < -0.39 is 0 Å². The second-order valence-electron chi connectivity index (χ2n) is 8.62. The summed E-state index contributed by atoms with van der Waals surface area (Å²) < 4.78 is 0. The lowest BCUT2D eigenvalue weighted by Crippen LogP contribution is -2.41. The molecular weight excluding hydrogens is 392 g/mol. The van der Waals surface area contributed by atoms with Gasteiger partial charge in [0.1, 0.15) is 11.5 Å². The van der Waals surface area contributed by atoms with E-state index in [0.29, 0.717) is 23.3 Å². The van der Waals surface area contributed by atoms with Crippen LogP contribution in [0, 0.1) is 5.92 Å². The van der Waals surface area contributed by atoms with Crippen LogP contribution in [0.15, 0.2) is 30.6 Å². The van der Waals surface area contributed by atoms with Gasteiger partial charge in [-0.1, -0.05) is 6.92 Å². The molecule has 4 heterocycles. The molecule has 0 aromatic carbocycles. The summed E-state index contributed by atoms with van der Waals surface area (Å²) in [6.07, 6.45) is 7.27. The highest BCUT2D eigenvalue weighted by molar-refractivity contribution is 5.93. The van der Waals surface area contributed by atoms with E-state index in [-0.39, 0.29) is 17.9 Å². The molecule has 2 aromatic rings. The van der Waals surface area contributed by atoms with Gasteiger partial charge < -0.3 is 15.1 Å². The smallest absolute Gasteiger partial charge is 0.272 e. The predicted molar refractivity (Wildman–Crippen MR) is 118 cm³/mol. The molecule has 2 aliphatic rings. The van der Waals surface area contributed by atoms with Crippen LogP contribution in [0.1, 0.15) is 50.0 Å². The lowest BCUT2D eigenvalue weighted by Gasteiger charge is -2.32. The summed E-state index contributed by atoms with van der Waals surface area (Å²) in [5.41, 5.74) is 1.24. The summed E-state index contributed by atoms with van der Waals surface area (Å²) in [6, 6.07) is 5.67. The first kappa shape index (κ1) is 21.2. The number of anilines is 1. The zero-order chi connectivity index (χ0) is 21.8. The molecular formula is C23H30N6O2. The molecule has 164 valence electrons. The number of hydrogen-bond donors (Lipinski definition) is 1. The lowest BCUT2D eigenvalue weighted by atomic mass is 10.00. The fraction of sp³-hybridized carbons (Fsp3) is 0.522. The van der Waals surface area contributed by atoms with Crippen LogP contribution in [0.2, 0.25) is 0 Å². The van der Waals surface area contributed by atoms with Gasteiger partial charge in [0.15, 0.2) is 5.82 Å². The van der Waals surface area contributed by atoms with Crippen molar-refractivity contribution in [3.63, 3.8) is 0 Å². The van der Waals surface area contributed by atoms with Crippen LogP contribution in [0.5, 0.6) is 0 Å². The van der Waals surface area contributed by atoms with Crippen LogP contribution in [0.25, 0.3) is 11.4 Å². The van der Waals surface area contributed by atoms with E-state index >= 15 is 0 Å². The molecule has 0 spiro atoms. The number of carbonyl (C=O) groups excluding carboxylic acids is 2. The molecule has 4 rings (SSSR count). The lowest BCUT2D eigenvalue weighted by molar-refractivity contribution is -0.129. The Balaban J connectivity index is 1.58. The van der Waals surface area contributed by atoms with E-state index in [4.69, 9.17) is 4.98 Å². The fourth-order valence-corrected chi connectivity index (χ4v) is 4.34. The maximum absolute atomic E-state index is 13.2. The number of rotatable bonds is 4. The molecule has 1 atom stereocenters. The SMILES string of the molecule is CC(=O)N1CCC(Nc2cc(C(=O)N3CCCC(C)C3)nc(-c3ccncc3)n2)CC1. The summed E-state index contributed by atoms with van der Waals surface area (Å²) in [5.74, 6) is 1.74. The van der Waals surface area contributed by atoms with Crippen LogP contribution >= 0.6 is 0 Å². The van der Waals surface area contributed by atoms with E-state index in [1.165, 1.54) is 0 Å². The molecule has 0 saturated carbocycles. The van der Waals surface area contributed by atoms with Crippen molar-refractivity contribution >= 4 is 17.6 Å². The summed E-state index contributed by atoms with van der Waals surface area (Å²) in [4.78, 5) is 42.0. The highest BCUT2D eigenvalue weighted by atomic mass is 16.2. The Kier molecular flexibility index (Phi) is 6.44. The second-order valence-corrected chi connectivity index (χ2v) is 8.62. The highest BCUT2D eigenvalue weighted by Gasteiger charge is 2.25. The Morgan fingerprint density at radius 1 is 1.03 bits per heavy atom. The summed E-state index contributed by atoms with van der Waals surface area (Å²) >= 11 is 0. The third-order valence-electron chi connectivity index (χ3n) is 6.12. The number of amides is 2. The number of pyridine rings is 1. The van der Waals surface area contributed by atoms with Crippen LogP contribution in [0.3, 0.4) is 0 Å². The molecule has 1 unspecified atom stereocenters. The van der Waals surface area contributed by atoms with Crippen molar-refractivity contribution in [2.45, 2.75) is 45.6 Å². The maximum atomic E-state index is 13.2. The zero-order valence-electron chi connectivity index (χ0n) is 18.3. The molecule has 8 heteroatoms. The first-order valence-corrected chi connectivity index (χ1v) is 11.1. The molecule has 0 aliphatic carbocycles. The van der Waals surface area contributed by atoms with Crippen LogP contribution in [-0.2, 0) is 4.79 Å². The van der Waals surface area contributed by atoms with Gasteiger partial charge in [0.2, 0.25) is 5.91 Å². The van der Waals surface area contributed by atoms with E-state index in [2.05, 4.69) is 22.2 Å². The Bertz CT molecular complexity index is 927. The molecule has 2 aliphatic heterocycles. The molecule has 0 radical (unpaired) electrons. The molecule has 1 N–H and O–H groups in total. The molecule has 2 fully saturated rings. The van der Waals surface area contributed by atoms with Crippen molar-refractivity contribution in [1.29, 1.82) is 0 Å². The monoisotopic (exact) mass is 422 g/mol. The maximum Gasteiger partial charge on any atom is 0.272 e. The Labute approximate surface area is 183 Å². The Morgan fingerprint density at radius 2 is 1.77 bits per heavy atom. The number of hydrogen-bond acceptors (Lipinski definition) is 6. The van der Waals surface area contributed by atoms with Crippen molar-refractivity contribution in [3.8, 4) is 11.4 Å². The van der Waals surface area contributed by atoms with Crippen LogP contribution in [0.4, 0.5) is 5.82 Å². The van der Waals surface area contributed by atoms with Gasteiger partial charge in [0.05, 0.1) is 0 Å². The Hall–Kier alpha value is -3.03. The minimum absolute atomic E-state index is 0.0429. The Morgan fingerprint density at radius 3 is 2.45 bits per heavy atom. The number of nitrogens with zero attached hydrogens (tertiary/aromatic N) is 5. The van der Waals surface area contributed by atoms with Gasteiger partial charge >= 0.3 is 0 Å². The van der Waals surface area contributed by atoms with Crippen molar-refractivity contribution in [1.82, 2.24) is 24.8 Å². The van der Waals surface area contributed by atoms with Gasteiger partial charge in [-0.2, -0.15) is 0 Å². The first-order valence-electron chi connectivity index (χ1n) is 11.1. The fourth-order valence-electron chi connectivity index (χ4n) is 4.34. The molecule has 0 bridgehead atoms. The standard InChI is InChI=1S/C23H30N6O2/c1-16-4-3-11-29(15-16)23(31)20-14-21(25-19-7-12-28(13-8-19)17(2)30)27-22(26-20)18-5-9-24-10-6-18/h5-6,9-10,14,16,19H,3-4,7-8,11-13,15H2,1-2H3,(H,25,26,27).